The quantitative estimate of drug-likeness (QED) is 0.163. The van der Waals surface area contributed by atoms with Crippen molar-refractivity contribution in [3.8, 4) is 22.3 Å². The van der Waals surface area contributed by atoms with E-state index in [9.17, 15) is 0 Å². The summed E-state index contributed by atoms with van der Waals surface area (Å²) in [4.78, 5) is 5.24. The third-order valence-corrected chi connectivity index (χ3v) is 16.6. The number of benzene rings is 8. The van der Waals surface area contributed by atoms with E-state index in [1.54, 1.807) is 0 Å². The van der Waals surface area contributed by atoms with Gasteiger partial charge >= 0.3 is 0 Å². The van der Waals surface area contributed by atoms with Crippen molar-refractivity contribution in [2.45, 2.75) is 97.8 Å². The fourth-order valence-electron chi connectivity index (χ4n) is 11.5. The summed E-state index contributed by atoms with van der Waals surface area (Å²) in [5.41, 5.74) is 23.2. The molecule has 0 unspecified atom stereocenters. The van der Waals surface area contributed by atoms with Crippen LogP contribution in [0, 0.1) is 0 Å². The summed E-state index contributed by atoms with van der Waals surface area (Å²) in [6.45, 7) is 26.0. The smallest absolute Gasteiger partial charge is 0.252 e. The van der Waals surface area contributed by atoms with Crippen molar-refractivity contribution >= 4 is 88.7 Å². The van der Waals surface area contributed by atoms with E-state index in [1.807, 2.05) is 11.3 Å². The average Bonchev–Trinajstić information content (AvgIpc) is 3.79. The first kappa shape index (κ1) is 42.0. The number of nitrogens with zero attached hydrogens (tertiary/aromatic N) is 2. The first-order valence-corrected chi connectivity index (χ1v) is 25.0. The van der Waals surface area contributed by atoms with Gasteiger partial charge in [0.1, 0.15) is 0 Å². The van der Waals surface area contributed by atoms with Gasteiger partial charge in [0.2, 0.25) is 0 Å². The van der Waals surface area contributed by atoms with Crippen LogP contribution in [0.3, 0.4) is 0 Å². The van der Waals surface area contributed by atoms with Crippen molar-refractivity contribution in [2.24, 2.45) is 0 Å². The number of fused-ring (bicyclic) bond motifs is 10. The summed E-state index contributed by atoms with van der Waals surface area (Å²) in [6, 6.07) is 61.2. The van der Waals surface area contributed by atoms with Crippen molar-refractivity contribution in [2.75, 3.05) is 9.80 Å². The molecule has 0 bridgehead atoms. The molecule has 67 heavy (non-hydrogen) atoms. The molecule has 9 aromatic rings. The SMILES string of the molecule is CC(C)(C)c1ccc2c(c1)N(c1ccc(-c3cccc4c3sc3ccccc34)cc1)c1cc(C(C)(C)C)cc3c1B2c1ccc(C(C)(C)C)cc1N3c1ccc2c(c1)C(C)(C)c1ccccc1-2. The predicted molar refractivity (Wildman–Crippen MR) is 292 cm³/mol. The van der Waals surface area contributed by atoms with E-state index in [-0.39, 0.29) is 28.4 Å². The van der Waals surface area contributed by atoms with E-state index >= 15 is 0 Å². The summed E-state index contributed by atoms with van der Waals surface area (Å²) < 4.78 is 2.68. The Kier molecular flexibility index (Phi) is 8.99. The van der Waals surface area contributed by atoms with Crippen LogP contribution in [0.25, 0.3) is 42.4 Å². The summed E-state index contributed by atoms with van der Waals surface area (Å²) in [7, 11) is 0. The van der Waals surface area contributed by atoms with Crippen molar-refractivity contribution in [3.05, 3.63) is 186 Å². The molecule has 0 atom stereocenters. The van der Waals surface area contributed by atoms with Gasteiger partial charge in [-0.25, -0.2) is 0 Å². The lowest BCUT2D eigenvalue weighted by Crippen LogP contribution is -2.61. The normalized spacial score (nSPS) is 14.8. The highest BCUT2D eigenvalue weighted by atomic mass is 32.1. The summed E-state index contributed by atoms with van der Waals surface area (Å²) in [5, 5.41) is 2.66. The van der Waals surface area contributed by atoms with Gasteiger partial charge in [-0.3, -0.25) is 0 Å². The molecule has 12 rings (SSSR count). The molecule has 3 aliphatic rings. The zero-order chi connectivity index (χ0) is 46.5. The lowest BCUT2D eigenvalue weighted by molar-refractivity contribution is 0.590. The van der Waals surface area contributed by atoms with Gasteiger partial charge in [-0.15, -0.1) is 11.3 Å². The highest BCUT2D eigenvalue weighted by Gasteiger charge is 2.45. The number of hydrogen-bond acceptors (Lipinski definition) is 3. The van der Waals surface area contributed by atoms with Crippen molar-refractivity contribution in [1.29, 1.82) is 0 Å². The molecule has 0 spiro atoms. The van der Waals surface area contributed by atoms with Crippen molar-refractivity contribution < 1.29 is 0 Å². The predicted octanol–water partition coefficient (Wildman–Crippen LogP) is 16.0. The summed E-state index contributed by atoms with van der Waals surface area (Å²) in [5.74, 6) is 0. The Morgan fingerprint density at radius 3 is 1.60 bits per heavy atom. The molecule has 0 amide bonds. The lowest BCUT2D eigenvalue weighted by Gasteiger charge is -2.46. The summed E-state index contributed by atoms with van der Waals surface area (Å²) >= 11 is 1.90. The molecule has 0 saturated heterocycles. The Morgan fingerprint density at radius 1 is 0.433 bits per heavy atom. The Labute approximate surface area is 402 Å². The van der Waals surface area contributed by atoms with Gasteiger partial charge < -0.3 is 9.80 Å². The van der Waals surface area contributed by atoms with Gasteiger partial charge in [0.05, 0.1) is 0 Å². The first-order valence-electron chi connectivity index (χ1n) is 24.2. The average molecular weight is 887 g/mol. The third kappa shape index (κ3) is 6.35. The number of rotatable bonds is 3. The van der Waals surface area contributed by atoms with E-state index in [2.05, 4.69) is 244 Å². The second-order valence-electron chi connectivity index (χ2n) is 23.1. The highest BCUT2D eigenvalue weighted by Crippen LogP contribution is 2.53. The van der Waals surface area contributed by atoms with Crippen molar-refractivity contribution in [3.63, 3.8) is 0 Å². The molecular formula is C63H59BN2S. The van der Waals surface area contributed by atoms with Crippen LogP contribution in [-0.2, 0) is 21.7 Å². The van der Waals surface area contributed by atoms with Crippen LogP contribution in [0.2, 0.25) is 0 Å². The number of thiophene rings is 1. The van der Waals surface area contributed by atoms with E-state index < -0.39 is 0 Å². The zero-order valence-corrected chi connectivity index (χ0v) is 41.7. The third-order valence-electron chi connectivity index (χ3n) is 15.3. The second kappa shape index (κ2) is 14.3. The first-order chi connectivity index (χ1) is 31.9. The number of anilines is 6. The maximum atomic E-state index is 2.63. The Bertz CT molecular complexity index is 3510. The molecule has 2 nitrogen and oxygen atoms in total. The van der Waals surface area contributed by atoms with E-state index in [0.29, 0.717) is 0 Å². The Morgan fingerprint density at radius 2 is 0.955 bits per heavy atom. The largest absolute Gasteiger partial charge is 0.311 e. The van der Waals surface area contributed by atoms with Gasteiger partial charge in [-0.2, -0.15) is 0 Å². The molecule has 0 N–H and O–H groups in total. The maximum absolute atomic E-state index is 2.63. The van der Waals surface area contributed by atoms with E-state index in [0.717, 1.165) is 0 Å². The van der Waals surface area contributed by atoms with Crippen LogP contribution in [0.1, 0.15) is 104 Å². The minimum Gasteiger partial charge on any atom is -0.311 e. The molecule has 0 fully saturated rings. The van der Waals surface area contributed by atoms with E-state index in [1.165, 1.54) is 121 Å². The van der Waals surface area contributed by atoms with Crippen LogP contribution in [-0.4, -0.2) is 6.71 Å². The highest BCUT2D eigenvalue weighted by molar-refractivity contribution is 7.26. The minimum absolute atomic E-state index is 0.0293. The van der Waals surface area contributed by atoms with Crippen LogP contribution >= 0.6 is 11.3 Å². The zero-order valence-electron chi connectivity index (χ0n) is 40.9. The summed E-state index contributed by atoms with van der Waals surface area (Å²) in [6.07, 6.45) is 0. The molecular weight excluding hydrogens is 828 g/mol. The van der Waals surface area contributed by atoms with Crippen LogP contribution in [0.4, 0.5) is 34.1 Å². The maximum Gasteiger partial charge on any atom is 0.252 e. The van der Waals surface area contributed by atoms with Crippen LogP contribution in [0.5, 0.6) is 0 Å². The van der Waals surface area contributed by atoms with Gasteiger partial charge in [0, 0.05) is 59.7 Å². The van der Waals surface area contributed by atoms with Gasteiger partial charge in [0.25, 0.3) is 6.71 Å². The van der Waals surface area contributed by atoms with Gasteiger partial charge in [0.15, 0.2) is 0 Å². The molecule has 330 valence electrons. The molecule has 0 radical (unpaired) electrons. The molecule has 3 heterocycles. The lowest BCUT2D eigenvalue weighted by atomic mass is 9.33. The van der Waals surface area contributed by atoms with Gasteiger partial charge in [-0.05, 0) is 137 Å². The number of hydrogen-bond donors (Lipinski definition) is 0. The Hall–Kier alpha value is -6.36. The Balaban J connectivity index is 1.12. The minimum atomic E-state index is -0.127. The standard InChI is InChI=1S/C63H59BN2S/c1-60(2,3)39-25-31-51-53(33-39)65(42-27-23-38(24-28-42)44-19-16-20-48-47-18-13-15-22-57(47)67-59(44)48)55-35-41(62(7,8)9)36-56-58(55)64(51)52-32-26-40(61(4,5)6)34-54(52)66(56)43-29-30-46-45-17-12-14-21-49(45)63(10,11)50(46)37-43/h12-37H,1-11H3. The molecule has 8 aromatic carbocycles. The topological polar surface area (TPSA) is 6.48 Å². The molecule has 2 aliphatic heterocycles. The second-order valence-corrected chi connectivity index (χ2v) is 24.1. The fraction of sp³-hybridized carbons (Fsp3) is 0.238. The van der Waals surface area contributed by atoms with Crippen LogP contribution in [0.15, 0.2) is 158 Å². The van der Waals surface area contributed by atoms with Crippen LogP contribution < -0.4 is 26.2 Å². The fourth-order valence-corrected chi connectivity index (χ4v) is 12.7. The molecule has 0 saturated carbocycles. The molecule has 4 heteroatoms. The van der Waals surface area contributed by atoms with E-state index in [4.69, 9.17) is 0 Å². The monoisotopic (exact) mass is 886 g/mol. The molecule has 1 aliphatic carbocycles. The molecule has 1 aromatic heterocycles. The van der Waals surface area contributed by atoms with Crippen molar-refractivity contribution in [1.82, 2.24) is 0 Å². The van der Waals surface area contributed by atoms with Gasteiger partial charge in [-0.1, -0.05) is 179 Å².